The molecule has 25 nitrogen and oxygen atoms in total. The Morgan fingerprint density at radius 2 is 0.881 bits per heavy atom. The Bertz CT molecular complexity index is 4530. The van der Waals surface area contributed by atoms with Gasteiger partial charge in [0.15, 0.2) is 17.0 Å². The maximum absolute atomic E-state index is 14.7. The van der Waals surface area contributed by atoms with Gasteiger partial charge in [0.2, 0.25) is 11.8 Å². The fourth-order valence-corrected chi connectivity index (χ4v) is 13.1. The van der Waals surface area contributed by atoms with Crippen molar-refractivity contribution in [3.8, 4) is 46.0 Å². The second-order valence-corrected chi connectivity index (χ2v) is 25.3. The molecular formula is C76H73N9O16. The molecule has 101 heavy (non-hydrogen) atoms. The number of ketones is 1. The summed E-state index contributed by atoms with van der Waals surface area (Å²) >= 11 is 0. The Hall–Kier alpha value is -12.1. The van der Waals surface area contributed by atoms with Crippen LogP contribution in [0.15, 0.2) is 168 Å². The summed E-state index contributed by atoms with van der Waals surface area (Å²) in [6, 6.07) is 37.2. The van der Waals surface area contributed by atoms with Crippen molar-refractivity contribution in [2.24, 2.45) is 16.0 Å². The largest absolute Gasteiger partial charge is 0.508 e. The zero-order chi connectivity index (χ0) is 71.3. The van der Waals surface area contributed by atoms with Crippen LogP contribution in [0.1, 0.15) is 150 Å². The molecule has 12 rings (SSSR count). The third kappa shape index (κ3) is 14.2. The van der Waals surface area contributed by atoms with Crippen LogP contribution in [0.4, 0.5) is 17.1 Å². The summed E-state index contributed by atoms with van der Waals surface area (Å²) in [7, 11) is 3.89. The molecule has 2 spiro atoms. The maximum atomic E-state index is 14.7. The third-order valence-corrected chi connectivity index (χ3v) is 18.3. The van der Waals surface area contributed by atoms with Crippen LogP contribution in [0.5, 0.6) is 46.0 Å². The predicted octanol–water partition coefficient (Wildman–Crippen LogP) is 10.1. The molecular weight excluding hydrogens is 1290 g/mol. The molecule has 0 fully saturated rings. The number of nitrogens with zero attached hydrogens (tertiary/aromatic N) is 3. The monoisotopic (exact) mass is 1370 g/mol. The first-order valence-corrected chi connectivity index (χ1v) is 33.1. The van der Waals surface area contributed by atoms with Crippen molar-refractivity contribution in [1.29, 1.82) is 0 Å². The van der Waals surface area contributed by atoms with E-state index < -0.39 is 77.2 Å². The molecule has 3 atom stereocenters. The number of hydrogen-bond donors (Lipinski definition) is 10. The molecule has 8 aromatic rings. The number of unbranched alkanes of at least 4 members (excludes halogenated alkanes) is 3. The second kappa shape index (κ2) is 29.1. The quantitative estimate of drug-likeness (QED) is 0.0130. The van der Waals surface area contributed by atoms with E-state index in [1.165, 1.54) is 72.8 Å². The number of fused-ring (bicyclic) bond motifs is 12. The number of rotatable bonds is 27. The number of nitrogens with two attached hydrogens (primary N) is 1. The summed E-state index contributed by atoms with van der Waals surface area (Å²) in [5, 5.41) is 64.6. The number of anilines is 1. The van der Waals surface area contributed by atoms with Crippen LogP contribution in [0.25, 0.3) is 0 Å². The van der Waals surface area contributed by atoms with Crippen molar-refractivity contribution in [3.05, 3.63) is 219 Å². The van der Waals surface area contributed by atoms with Gasteiger partial charge in [0.05, 0.1) is 41.1 Å². The van der Waals surface area contributed by atoms with E-state index in [-0.39, 0.29) is 119 Å². The van der Waals surface area contributed by atoms with E-state index in [9.17, 15) is 58.8 Å². The van der Waals surface area contributed by atoms with Gasteiger partial charge in [-0.3, -0.25) is 34.1 Å². The Morgan fingerprint density at radius 3 is 1.33 bits per heavy atom. The fourth-order valence-electron chi connectivity index (χ4n) is 13.1. The molecule has 0 radical (unpaired) electrons. The Labute approximate surface area is 579 Å². The van der Waals surface area contributed by atoms with E-state index in [0.717, 1.165) is 5.69 Å². The van der Waals surface area contributed by atoms with Crippen LogP contribution >= 0.6 is 0 Å². The first-order chi connectivity index (χ1) is 48.6. The van der Waals surface area contributed by atoms with E-state index in [1.807, 2.05) is 50.2 Å². The Kier molecular flexibility index (Phi) is 19.9. The topological polar surface area (TPSA) is 369 Å². The molecule has 0 aromatic heterocycles. The van der Waals surface area contributed by atoms with Gasteiger partial charge in [-0.1, -0.05) is 31.9 Å². The molecule has 25 heteroatoms. The van der Waals surface area contributed by atoms with Crippen molar-refractivity contribution in [2.45, 2.75) is 94.0 Å². The number of aromatic hydroxyl groups is 4. The number of ether oxygens (including phenoxy) is 4. The smallest absolute Gasteiger partial charge is 0.340 e. The number of hydrogen-bond acceptors (Lipinski definition) is 20. The van der Waals surface area contributed by atoms with Crippen LogP contribution in [0.2, 0.25) is 0 Å². The Morgan fingerprint density at radius 1 is 0.475 bits per heavy atom. The zero-order valence-electron chi connectivity index (χ0n) is 55.3. The number of carbonyl (C=O) groups excluding carboxylic acids is 8. The lowest BCUT2D eigenvalue weighted by Gasteiger charge is -2.36. The average molecular weight is 1370 g/mol. The summed E-state index contributed by atoms with van der Waals surface area (Å²) in [4.78, 5) is 113. The van der Waals surface area contributed by atoms with E-state index in [1.54, 1.807) is 60.7 Å². The SMILES string of the molecule is CCCC[C@H](NC(=O)[C@@H](CCCCNC(=O)c1ccc(N=Nc2ccc(N(C)C)cc2)cc1)NCC(=O)[C@H](CCCCNC(=O)c1ccc2c(c1)C(=O)OC21c2ccc(O)cc2Oc2cc(O)ccc21)NC(=O)c1ccc2c(c1)C(=O)OC21c2ccc(O)cc2Oc2cc(O)ccc21)C(N)=O. The summed E-state index contributed by atoms with van der Waals surface area (Å²) in [6.45, 7) is 1.76. The number of esters is 2. The first-order valence-electron chi connectivity index (χ1n) is 33.1. The number of benzene rings is 8. The van der Waals surface area contributed by atoms with Crippen molar-refractivity contribution in [1.82, 2.24) is 26.6 Å². The molecule has 0 saturated heterocycles. The van der Waals surface area contributed by atoms with Crippen molar-refractivity contribution < 1.29 is 77.7 Å². The molecule has 0 unspecified atom stereocenters. The molecule has 4 heterocycles. The number of azo groups is 1. The van der Waals surface area contributed by atoms with Crippen LogP contribution in [-0.4, -0.2) is 120 Å². The molecule has 11 N–H and O–H groups in total. The number of Topliss-reactive ketones (excluding diaryl/α,β-unsaturated/α-hetero) is 1. The van der Waals surface area contributed by atoms with E-state index in [2.05, 4.69) is 36.8 Å². The van der Waals surface area contributed by atoms with E-state index in [4.69, 9.17) is 24.7 Å². The number of nitrogens with one attached hydrogen (secondary N) is 5. The van der Waals surface area contributed by atoms with E-state index in [0.29, 0.717) is 76.0 Å². The summed E-state index contributed by atoms with van der Waals surface area (Å²) < 4.78 is 24.6. The standard InChI is InChI=1S/C76H73N9O16/c1-4-5-10-61(68(77)91)82-72(95)62(12-7-9-33-78-69(92)42-13-17-45(18-14-42)83-84-46-19-21-47(22-20-46)85(2)3)80-41-63(90)60(81-71(94)44-16-28-55-53(36-44)74(97)101-76(55)58-31-25-50(88)39-66(58)99-67-40-51(89)26-32-59(67)76)11-6-8-34-79-70(93)43-15-27-54-52(35-43)73(96)100-75(54)56-29-23-48(86)37-64(56)98-65-38-49(87)24-30-57(65)75/h13-32,35-40,60-62,80,86-89H,4-12,33-34,41H2,1-3H3,(H2,77,91)(H,78,92)(H,79,93)(H,81,94)(H,82,95)/t60-,61-,62+/m0/s1. The highest BCUT2D eigenvalue weighted by Crippen LogP contribution is 2.59. The summed E-state index contributed by atoms with van der Waals surface area (Å²) in [5.74, 6) is -4.87. The molecule has 0 saturated carbocycles. The van der Waals surface area contributed by atoms with Gasteiger partial charge in [-0.25, -0.2) is 9.59 Å². The molecule has 4 aliphatic heterocycles. The van der Waals surface area contributed by atoms with Crippen LogP contribution in [0, 0.1) is 0 Å². The van der Waals surface area contributed by atoms with Gasteiger partial charge in [0.1, 0.15) is 52.0 Å². The minimum atomic E-state index is -1.63. The first kappa shape index (κ1) is 68.8. The molecule has 0 aliphatic carbocycles. The van der Waals surface area contributed by atoms with Crippen LogP contribution in [-0.2, 0) is 35.1 Å². The fraction of sp³-hybridized carbons (Fsp3) is 0.263. The van der Waals surface area contributed by atoms with Gasteiger partial charge in [0, 0.05) is 107 Å². The van der Waals surface area contributed by atoms with Crippen LogP contribution in [0.3, 0.4) is 0 Å². The summed E-state index contributed by atoms with van der Waals surface area (Å²) in [6.07, 6.45) is 3.00. The molecule has 8 aromatic carbocycles. The predicted molar refractivity (Wildman–Crippen MR) is 369 cm³/mol. The highest BCUT2D eigenvalue weighted by Gasteiger charge is 2.55. The number of primary amides is 1. The minimum Gasteiger partial charge on any atom is -0.508 e. The van der Waals surface area contributed by atoms with Gasteiger partial charge in [-0.15, -0.1) is 0 Å². The Balaban J connectivity index is 0.740. The average Bonchev–Trinajstić information content (AvgIpc) is 1.61. The lowest BCUT2D eigenvalue weighted by Crippen LogP contribution is -2.53. The van der Waals surface area contributed by atoms with Crippen molar-refractivity contribution in [3.63, 3.8) is 0 Å². The highest BCUT2D eigenvalue weighted by molar-refractivity contribution is 6.04. The zero-order valence-corrected chi connectivity index (χ0v) is 55.3. The lowest BCUT2D eigenvalue weighted by atomic mass is 9.77. The van der Waals surface area contributed by atoms with Gasteiger partial charge >= 0.3 is 11.9 Å². The van der Waals surface area contributed by atoms with Gasteiger partial charge < -0.3 is 71.3 Å². The van der Waals surface area contributed by atoms with Gasteiger partial charge in [0.25, 0.3) is 17.7 Å². The van der Waals surface area contributed by atoms with Gasteiger partial charge in [-0.2, -0.15) is 10.2 Å². The molecule has 4 aliphatic rings. The van der Waals surface area contributed by atoms with E-state index >= 15 is 0 Å². The van der Waals surface area contributed by atoms with Gasteiger partial charge in [-0.05, 0) is 166 Å². The summed E-state index contributed by atoms with van der Waals surface area (Å²) in [5.41, 5.74) is 7.67. The highest BCUT2D eigenvalue weighted by atomic mass is 16.6. The molecule has 518 valence electrons. The normalized spacial score (nSPS) is 14.6. The maximum Gasteiger partial charge on any atom is 0.340 e. The number of phenols is 4. The number of carbonyl (C=O) groups is 8. The van der Waals surface area contributed by atoms with Crippen molar-refractivity contribution in [2.75, 3.05) is 38.6 Å². The molecule has 0 bridgehead atoms. The third-order valence-electron chi connectivity index (χ3n) is 18.3. The minimum absolute atomic E-state index is 0.0102. The molecule has 5 amide bonds. The number of phenolic OH excluding ortho intramolecular Hbond substituents is 4. The number of amides is 5. The van der Waals surface area contributed by atoms with Crippen LogP contribution < -0.4 is 46.7 Å². The lowest BCUT2D eigenvalue weighted by molar-refractivity contribution is -0.129. The second-order valence-electron chi connectivity index (χ2n) is 25.3. The van der Waals surface area contributed by atoms with Crippen molar-refractivity contribution >= 4 is 64.3 Å².